The van der Waals surface area contributed by atoms with E-state index in [2.05, 4.69) is 31.0 Å². The first kappa shape index (κ1) is 31.9. The normalized spacial score (nSPS) is 9.57. The molecule has 5 heterocycles. The number of rotatable bonds is 5. The summed E-state index contributed by atoms with van der Waals surface area (Å²) in [6.07, 6.45) is 8.71. The molecular weight excluding hydrogens is 724 g/mol. The standard InChI is InChI=1S/C13H9ClNO2.2C10H8N2.Os/c1-17-11-5-6-15-12(8-11)9-3-2-4-10(7-9)13(14)16;2*1-3-7-11-9(5-1)10-6-2-4-8-12-10;/h2,4-8H,1H3;2*1-8H;/q-1;;;+1. The Balaban J connectivity index is 0.000000175. The van der Waals surface area contributed by atoms with E-state index in [-0.39, 0.29) is 19.8 Å². The number of aromatic nitrogens is 5. The van der Waals surface area contributed by atoms with Crippen LogP contribution < -0.4 is 4.74 Å². The Bertz CT molecular complexity index is 1500. The van der Waals surface area contributed by atoms with Crippen LogP contribution in [-0.2, 0) is 19.8 Å². The molecule has 0 aliphatic carbocycles. The molecule has 7 nitrogen and oxygen atoms in total. The van der Waals surface area contributed by atoms with E-state index in [9.17, 15) is 4.79 Å². The van der Waals surface area contributed by atoms with E-state index in [0.29, 0.717) is 22.6 Å². The zero-order valence-electron chi connectivity index (χ0n) is 22.5. The summed E-state index contributed by atoms with van der Waals surface area (Å²) in [5, 5.41) is -0.497. The first-order chi connectivity index (χ1) is 20.1. The van der Waals surface area contributed by atoms with Crippen molar-refractivity contribution in [3.8, 4) is 39.8 Å². The molecule has 0 atom stereocenters. The average Bonchev–Trinajstić information content (AvgIpc) is 3.07. The number of hydrogen-bond acceptors (Lipinski definition) is 7. The van der Waals surface area contributed by atoms with Gasteiger partial charge in [0.1, 0.15) is 5.75 Å². The molecule has 1 aromatic carbocycles. The minimum absolute atomic E-state index is 0. The third kappa shape index (κ3) is 9.78. The Kier molecular flexibility index (Phi) is 13.1. The largest absolute Gasteiger partial charge is 1.00 e. The van der Waals surface area contributed by atoms with Gasteiger partial charge in [-0.2, -0.15) is 0 Å². The summed E-state index contributed by atoms with van der Waals surface area (Å²) in [6.45, 7) is 0. The topological polar surface area (TPSA) is 90.8 Å². The maximum absolute atomic E-state index is 11.1. The molecule has 0 N–H and O–H groups in total. The van der Waals surface area contributed by atoms with E-state index in [0.717, 1.165) is 22.8 Å². The Hall–Kier alpha value is -4.63. The molecule has 0 saturated heterocycles. The molecular formula is C33H25ClN5O2Os. The zero-order chi connectivity index (χ0) is 28.7. The summed E-state index contributed by atoms with van der Waals surface area (Å²) in [5.41, 5.74) is 5.47. The molecule has 0 spiro atoms. The predicted octanol–water partition coefficient (Wildman–Crippen LogP) is 7.22. The van der Waals surface area contributed by atoms with Crippen LogP contribution in [0, 0.1) is 6.07 Å². The maximum atomic E-state index is 11.1. The Morgan fingerprint density at radius 2 is 1.07 bits per heavy atom. The molecule has 209 valence electrons. The van der Waals surface area contributed by atoms with Crippen molar-refractivity contribution >= 4 is 16.8 Å². The average molecular weight is 749 g/mol. The molecule has 5 aromatic heterocycles. The molecule has 0 saturated carbocycles. The Labute approximate surface area is 262 Å². The molecule has 0 fully saturated rings. The fourth-order valence-electron chi connectivity index (χ4n) is 3.48. The number of halogens is 1. The van der Waals surface area contributed by atoms with Crippen molar-refractivity contribution in [1.29, 1.82) is 0 Å². The number of ether oxygens (including phenoxy) is 1. The Morgan fingerprint density at radius 3 is 1.45 bits per heavy atom. The van der Waals surface area contributed by atoms with Crippen molar-refractivity contribution in [3.05, 3.63) is 146 Å². The van der Waals surface area contributed by atoms with E-state index >= 15 is 0 Å². The SMILES string of the molecule is COc1ccnc(-c2[c-]ccc(C(=O)Cl)c2)c1.[Os+].c1ccc(-c2ccccn2)nc1.c1ccc(-c2ccccn2)nc1. The van der Waals surface area contributed by atoms with Gasteiger partial charge in [0.25, 0.3) is 0 Å². The van der Waals surface area contributed by atoms with Crippen molar-refractivity contribution in [2.45, 2.75) is 0 Å². The van der Waals surface area contributed by atoms with Crippen LogP contribution in [0.2, 0.25) is 0 Å². The van der Waals surface area contributed by atoms with Gasteiger partial charge in [-0.15, -0.1) is 29.8 Å². The van der Waals surface area contributed by atoms with Crippen LogP contribution in [0.15, 0.2) is 134 Å². The van der Waals surface area contributed by atoms with Gasteiger partial charge in [0, 0.05) is 31.0 Å². The van der Waals surface area contributed by atoms with Gasteiger partial charge in [-0.05, 0) is 83.5 Å². The number of carbonyl (C=O) groups excluding carboxylic acids is 1. The second-order valence-electron chi connectivity index (χ2n) is 8.21. The number of nitrogens with zero attached hydrogens (tertiary/aromatic N) is 5. The summed E-state index contributed by atoms with van der Waals surface area (Å²) >= 11 is 5.42. The Morgan fingerprint density at radius 1 is 0.619 bits per heavy atom. The van der Waals surface area contributed by atoms with Gasteiger partial charge >= 0.3 is 19.8 Å². The van der Waals surface area contributed by atoms with Gasteiger partial charge in [0.2, 0.25) is 5.24 Å². The summed E-state index contributed by atoms with van der Waals surface area (Å²) < 4.78 is 5.11. The van der Waals surface area contributed by atoms with Crippen LogP contribution in [0.4, 0.5) is 0 Å². The van der Waals surface area contributed by atoms with E-state index in [4.69, 9.17) is 16.3 Å². The molecule has 42 heavy (non-hydrogen) atoms. The predicted molar refractivity (Wildman–Crippen MR) is 160 cm³/mol. The summed E-state index contributed by atoms with van der Waals surface area (Å²) in [7, 11) is 1.58. The van der Waals surface area contributed by atoms with Crippen LogP contribution in [0.1, 0.15) is 10.4 Å². The quantitative estimate of drug-likeness (QED) is 0.136. The molecule has 6 aromatic rings. The van der Waals surface area contributed by atoms with Crippen molar-refractivity contribution in [2.75, 3.05) is 7.11 Å². The van der Waals surface area contributed by atoms with E-state index in [1.54, 1.807) is 68.4 Å². The monoisotopic (exact) mass is 750 g/mol. The second-order valence-corrected chi connectivity index (χ2v) is 8.55. The smallest absolute Gasteiger partial charge is 0.497 e. The first-order valence-corrected chi connectivity index (χ1v) is 12.9. The summed E-state index contributed by atoms with van der Waals surface area (Å²) in [5.74, 6) is 0.700. The fourth-order valence-corrected chi connectivity index (χ4v) is 3.60. The number of methoxy groups -OCH3 is 1. The van der Waals surface area contributed by atoms with Crippen LogP contribution in [-0.4, -0.2) is 37.3 Å². The number of hydrogen-bond donors (Lipinski definition) is 0. The third-order valence-electron chi connectivity index (χ3n) is 5.46. The van der Waals surface area contributed by atoms with Crippen molar-refractivity contribution in [1.82, 2.24) is 24.9 Å². The van der Waals surface area contributed by atoms with Gasteiger partial charge < -0.3 is 9.72 Å². The number of carbonyl (C=O) groups is 1. The number of pyridine rings is 5. The van der Waals surface area contributed by atoms with Gasteiger partial charge in [-0.3, -0.25) is 24.7 Å². The molecule has 9 heteroatoms. The molecule has 0 aliphatic heterocycles. The van der Waals surface area contributed by atoms with Gasteiger partial charge in [0.15, 0.2) is 0 Å². The number of benzene rings is 1. The minimum Gasteiger partial charge on any atom is -0.497 e. The van der Waals surface area contributed by atoms with Crippen LogP contribution in [0.25, 0.3) is 34.0 Å². The second kappa shape index (κ2) is 17.2. The van der Waals surface area contributed by atoms with E-state index < -0.39 is 5.24 Å². The molecule has 0 aliphatic rings. The van der Waals surface area contributed by atoms with Crippen LogP contribution in [0.3, 0.4) is 0 Å². The van der Waals surface area contributed by atoms with Gasteiger partial charge in [0.05, 0.1) is 29.9 Å². The maximum Gasteiger partial charge on any atom is 1.00 e. The zero-order valence-corrected chi connectivity index (χ0v) is 25.8. The van der Waals surface area contributed by atoms with Crippen molar-refractivity contribution in [3.63, 3.8) is 0 Å². The van der Waals surface area contributed by atoms with Crippen molar-refractivity contribution in [2.24, 2.45) is 0 Å². The van der Waals surface area contributed by atoms with E-state index in [1.807, 2.05) is 72.8 Å². The van der Waals surface area contributed by atoms with Gasteiger partial charge in [-0.1, -0.05) is 24.3 Å². The van der Waals surface area contributed by atoms with Crippen molar-refractivity contribution < 1.29 is 29.3 Å². The minimum atomic E-state index is -0.497. The van der Waals surface area contributed by atoms with Gasteiger partial charge in [-0.25, -0.2) is 0 Å². The molecule has 0 amide bonds. The summed E-state index contributed by atoms with van der Waals surface area (Å²) in [6, 6.07) is 34.6. The third-order valence-corrected chi connectivity index (χ3v) is 5.67. The molecule has 0 bridgehead atoms. The molecule has 0 unspecified atom stereocenters. The first-order valence-electron chi connectivity index (χ1n) is 12.5. The fraction of sp³-hybridized carbons (Fsp3) is 0.0303. The van der Waals surface area contributed by atoms with E-state index in [1.165, 1.54) is 0 Å². The molecule has 1 radical (unpaired) electrons. The van der Waals surface area contributed by atoms with Crippen LogP contribution >= 0.6 is 11.6 Å². The summed E-state index contributed by atoms with van der Waals surface area (Å²) in [4.78, 5) is 32.0. The molecule has 6 rings (SSSR count). The van der Waals surface area contributed by atoms with Crippen LogP contribution in [0.5, 0.6) is 5.75 Å².